The van der Waals surface area contributed by atoms with Crippen LogP contribution in [0.25, 0.3) is 23.0 Å². The second kappa shape index (κ2) is 6.89. The minimum Gasteiger partial charge on any atom is -0.462 e. The van der Waals surface area contributed by atoms with Gasteiger partial charge in [-0.2, -0.15) is 10.1 Å². The molecule has 0 saturated heterocycles. The molecule has 0 spiro atoms. The van der Waals surface area contributed by atoms with Gasteiger partial charge in [0.1, 0.15) is 0 Å². The van der Waals surface area contributed by atoms with E-state index < -0.39 is 0 Å². The van der Waals surface area contributed by atoms with Crippen LogP contribution in [0, 0.1) is 5.41 Å². The lowest BCUT2D eigenvalue weighted by atomic mass is 9.76. The number of hydrogen-bond acceptors (Lipinski definition) is 6. The molecule has 28 heavy (non-hydrogen) atoms. The molecule has 0 aliphatic heterocycles. The summed E-state index contributed by atoms with van der Waals surface area (Å²) >= 11 is 0. The Bertz CT molecular complexity index is 1010. The van der Waals surface area contributed by atoms with Crippen molar-refractivity contribution in [3.05, 3.63) is 41.1 Å². The fourth-order valence-corrected chi connectivity index (χ4v) is 3.67. The fourth-order valence-electron chi connectivity index (χ4n) is 3.67. The summed E-state index contributed by atoms with van der Waals surface area (Å²) in [7, 11) is 1.97. The van der Waals surface area contributed by atoms with E-state index in [0.717, 1.165) is 30.5 Å². The highest BCUT2D eigenvalue weighted by molar-refractivity contribution is 5.89. The molecule has 0 unspecified atom stereocenters. The molecule has 7 nitrogen and oxygen atoms in total. The van der Waals surface area contributed by atoms with Gasteiger partial charge in [-0.1, -0.05) is 31.1 Å². The predicted molar refractivity (Wildman–Crippen MR) is 104 cm³/mol. The molecule has 1 aromatic carbocycles. The lowest BCUT2D eigenvalue weighted by Gasteiger charge is -2.29. The topological polar surface area (TPSA) is 83.0 Å². The van der Waals surface area contributed by atoms with E-state index in [-0.39, 0.29) is 11.4 Å². The van der Waals surface area contributed by atoms with E-state index in [4.69, 9.17) is 9.26 Å². The summed E-state index contributed by atoms with van der Waals surface area (Å²) in [5.74, 6) is 0.563. The molecule has 1 aliphatic carbocycles. The molecule has 146 valence electrons. The average molecular weight is 380 g/mol. The van der Waals surface area contributed by atoms with Gasteiger partial charge in [0.15, 0.2) is 5.69 Å². The van der Waals surface area contributed by atoms with Crippen molar-refractivity contribution in [2.75, 3.05) is 6.61 Å². The molecule has 4 rings (SSSR count). The van der Waals surface area contributed by atoms with Crippen LogP contribution in [0.1, 0.15) is 48.8 Å². The van der Waals surface area contributed by atoms with E-state index >= 15 is 0 Å². The van der Waals surface area contributed by atoms with Crippen molar-refractivity contribution in [3.63, 3.8) is 0 Å². The van der Waals surface area contributed by atoms with Crippen LogP contribution in [0.5, 0.6) is 0 Å². The molecule has 1 aliphatic rings. The summed E-state index contributed by atoms with van der Waals surface area (Å²) in [6.45, 7) is 6.70. The SMILES string of the molecule is CCOC(=O)c1ccc(-c2noc(-c3nn(C)c4c3CCC(C)(C)C4)n2)cc1. The second-order valence-electron chi connectivity index (χ2n) is 7.96. The van der Waals surface area contributed by atoms with Crippen molar-refractivity contribution in [1.29, 1.82) is 0 Å². The number of carbonyl (C=O) groups is 1. The zero-order chi connectivity index (χ0) is 19.9. The summed E-state index contributed by atoms with van der Waals surface area (Å²) in [4.78, 5) is 16.3. The number of aryl methyl sites for hydroxylation is 1. The molecule has 2 heterocycles. The third-order valence-corrected chi connectivity index (χ3v) is 5.26. The maximum atomic E-state index is 11.8. The molecule has 7 heteroatoms. The Kier molecular flexibility index (Phi) is 4.53. The number of nitrogens with zero attached hydrogens (tertiary/aromatic N) is 4. The van der Waals surface area contributed by atoms with E-state index in [1.807, 2.05) is 11.7 Å². The summed E-state index contributed by atoms with van der Waals surface area (Å²) in [6, 6.07) is 6.98. The van der Waals surface area contributed by atoms with Crippen LogP contribution in [-0.4, -0.2) is 32.5 Å². The van der Waals surface area contributed by atoms with Gasteiger partial charge in [-0.15, -0.1) is 0 Å². The Morgan fingerprint density at radius 2 is 2.04 bits per heavy atom. The average Bonchev–Trinajstić information content (AvgIpc) is 3.27. The van der Waals surface area contributed by atoms with Gasteiger partial charge in [-0.25, -0.2) is 4.79 Å². The third-order valence-electron chi connectivity index (χ3n) is 5.26. The Morgan fingerprint density at radius 1 is 1.29 bits per heavy atom. The summed E-state index contributed by atoms with van der Waals surface area (Å²) in [5.41, 5.74) is 4.76. The first-order chi connectivity index (χ1) is 13.4. The molecule has 2 aromatic heterocycles. The van der Waals surface area contributed by atoms with Crippen LogP contribution in [0.4, 0.5) is 0 Å². The number of rotatable bonds is 4. The quantitative estimate of drug-likeness (QED) is 0.640. The van der Waals surface area contributed by atoms with Gasteiger partial charge in [0.2, 0.25) is 5.82 Å². The van der Waals surface area contributed by atoms with Gasteiger partial charge in [-0.3, -0.25) is 4.68 Å². The minimum atomic E-state index is -0.342. The predicted octanol–water partition coefficient (Wildman–Crippen LogP) is 3.83. The highest BCUT2D eigenvalue weighted by Crippen LogP contribution is 2.38. The molecule has 3 aromatic rings. The number of hydrogen-bond donors (Lipinski definition) is 0. The van der Waals surface area contributed by atoms with Crippen LogP contribution in [-0.2, 0) is 24.6 Å². The fraction of sp³-hybridized carbons (Fsp3) is 0.429. The van der Waals surface area contributed by atoms with Gasteiger partial charge < -0.3 is 9.26 Å². The van der Waals surface area contributed by atoms with Crippen LogP contribution >= 0.6 is 0 Å². The molecule has 0 radical (unpaired) electrons. The molecule has 0 atom stereocenters. The van der Waals surface area contributed by atoms with Crippen molar-refractivity contribution in [3.8, 4) is 23.0 Å². The molecule has 0 saturated carbocycles. The summed E-state index contributed by atoms with van der Waals surface area (Å²) in [5, 5.41) is 8.76. The Labute approximate surface area is 163 Å². The van der Waals surface area contributed by atoms with Crippen molar-refractivity contribution >= 4 is 5.97 Å². The van der Waals surface area contributed by atoms with E-state index in [9.17, 15) is 4.79 Å². The number of ether oxygens (including phenoxy) is 1. The molecule has 0 fully saturated rings. The summed E-state index contributed by atoms with van der Waals surface area (Å²) in [6.07, 6.45) is 3.05. The first-order valence-electron chi connectivity index (χ1n) is 9.54. The highest BCUT2D eigenvalue weighted by atomic mass is 16.5. The standard InChI is InChI=1S/C21H24N4O3/c1-5-27-20(26)14-8-6-13(7-9-14)18-22-19(28-24-18)17-15-10-11-21(2,3)12-16(15)25(4)23-17/h6-9H,5,10-12H2,1-4H3. The van der Waals surface area contributed by atoms with Gasteiger partial charge in [0.05, 0.1) is 12.2 Å². The highest BCUT2D eigenvalue weighted by Gasteiger charge is 2.32. The lowest BCUT2D eigenvalue weighted by molar-refractivity contribution is 0.0526. The van der Waals surface area contributed by atoms with E-state index in [2.05, 4.69) is 29.1 Å². The molecule has 0 N–H and O–H groups in total. The van der Waals surface area contributed by atoms with Crippen LogP contribution in [0.15, 0.2) is 28.8 Å². The monoisotopic (exact) mass is 380 g/mol. The molecular weight excluding hydrogens is 356 g/mol. The van der Waals surface area contributed by atoms with Crippen LogP contribution < -0.4 is 0 Å². The number of fused-ring (bicyclic) bond motifs is 1. The number of benzene rings is 1. The number of aromatic nitrogens is 4. The maximum Gasteiger partial charge on any atom is 0.338 e. The van der Waals surface area contributed by atoms with Crippen molar-refractivity contribution in [2.24, 2.45) is 12.5 Å². The smallest absolute Gasteiger partial charge is 0.338 e. The van der Waals surface area contributed by atoms with Crippen molar-refractivity contribution in [1.82, 2.24) is 19.9 Å². The van der Waals surface area contributed by atoms with E-state index in [0.29, 0.717) is 23.9 Å². The zero-order valence-corrected chi connectivity index (χ0v) is 16.7. The Balaban J connectivity index is 1.62. The summed E-state index contributed by atoms with van der Waals surface area (Å²) < 4.78 is 12.5. The molecular formula is C21H24N4O3. The second-order valence-corrected chi connectivity index (χ2v) is 7.96. The number of carbonyl (C=O) groups excluding carboxylic acids is 1. The van der Waals surface area contributed by atoms with E-state index in [1.165, 1.54) is 11.3 Å². The van der Waals surface area contributed by atoms with E-state index in [1.54, 1.807) is 31.2 Å². The largest absolute Gasteiger partial charge is 0.462 e. The first kappa shape index (κ1) is 18.4. The maximum absolute atomic E-state index is 11.8. The number of esters is 1. The Hall–Kier alpha value is -2.96. The molecule has 0 bridgehead atoms. The van der Waals surface area contributed by atoms with Gasteiger partial charge >= 0.3 is 5.97 Å². The van der Waals surface area contributed by atoms with Gasteiger partial charge in [0, 0.05) is 23.9 Å². The molecule has 0 amide bonds. The van der Waals surface area contributed by atoms with Gasteiger partial charge in [-0.05, 0) is 43.7 Å². The lowest BCUT2D eigenvalue weighted by Crippen LogP contribution is -2.23. The van der Waals surface area contributed by atoms with Crippen molar-refractivity contribution in [2.45, 2.75) is 40.0 Å². The van der Waals surface area contributed by atoms with Crippen molar-refractivity contribution < 1.29 is 14.1 Å². The first-order valence-corrected chi connectivity index (χ1v) is 9.54. The third kappa shape index (κ3) is 3.32. The van der Waals surface area contributed by atoms with Gasteiger partial charge in [0.25, 0.3) is 5.89 Å². The Morgan fingerprint density at radius 3 is 2.75 bits per heavy atom. The van der Waals surface area contributed by atoms with Crippen LogP contribution in [0.3, 0.4) is 0 Å². The minimum absolute atomic E-state index is 0.277. The van der Waals surface area contributed by atoms with Crippen LogP contribution in [0.2, 0.25) is 0 Å². The normalized spacial score (nSPS) is 15.3. The zero-order valence-electron chi connectivity index (χ0n) is 16.7.